The Labute approximate surface area is 107 Å². The summed E-state index contributed by atoms with van der Waals surface area (Å²) in [6.07, 6.45) is -0.973. The first-order valence-corrected chi connectivity index (χ1v) is 6.89. The summed E-state index contributed by atoms with van der Waals surface area (Å²) in [7, 11) is 2.10. The fraction of sp³-hybridized carbons (Fsp3) is 1.00. The maximum Gasteiger partial charge on any atom is 0.391 e. The summed E-state index contributed by atoms with van der Waals surface area (Å²) in [5.74, 6) is -1.07. The van der Waals surface area contributed by atoms with Gasteiger partial charge in [0, 0.05) is 24.7 Å². The zero-order valence-corrected chi connectivity index (χ0v) is 11.1. The number of likely N-dealkylation sites (tertiary alicyclic amines) is 1. The molecule has 0 aromatic rings. The number of hydrogen-bond donors (Lipinski definition) is 1. The lowest BCUT2D eigenvalue weighted by Crippen LogP contribution is -2.43. The monoisotopic (exact) mass is 264 g/mol. The Balaban J connectivity index is 1.74. The molecule has 1 N–H and O–H groups in total. The lowest BCUT2D eigenvalue weighted by Gasteiger charge is -2.32. The smallest absolute Gasteiger partial charge is 0.310 e. The average Bonchev–Trinajstić information content (AvgIpc) is 2.57. The van der Waals surface area contributed by atoms with E-state index < -0.39 is 12.1 Å². The van der Waals surface area contributed by atoms with E-state index in [1.807, 2.05) is 0 Å². The molecular formula is C13H23F3N2. The van der Waals surface area contributed by atoms with Gasteiger partial charge in [-0.25, -0.2) is 0 Å². The maximum absolute atomic E-state index is 12.5. The quantitative estimate of drug-likeness (QED) is 0.825. The first-order valence-electron chi connectivity index (χ1n) is 6.89. The second kappa shape index (κ2) is 5.37. The van der Waals surface area contributed by atoms with Crippen LogP contribution in [0.1, 0.15) is 39.0 Å². The largest absolute Gasteiger partial charge is 0.391 e. The van der Waals surface area contributed by atoms with E-state index in [0.717, 1.165) is 13.0 Å². The van der Waals surface area contributed by atoms with Crippen LogP contribution in [0.3, 0.4) is 0 Å². The van der Waals surface area contributed by atoms with Crippen molar-refractivity contribution in [3.8, 4) is 0 Å². The summed E-state index contributed by atoms with van der Waals surface area (Å²) < 4.78 is 37.6. The van der Waals surface area contributed by atoms with E-state index in [1.54, 1.807) is 0 Å². The Kier molecular flexibility index (Phi) is 4.22. The molecule has 2 aliphatic rings. The summed E-state index contributed by atoms with van der Waals surface area (Å²) >= 11 is 0. The average molecular weight is 264 g/mol. The van der Waals surface area contributed by atoms with Gasteiger partial charge in [-0.1, -0.05) is 0 Å². The first-order chi connectivity index (χ1) is 8.36. The highest BCUT2D eigenvalue weighted by molar-refractivity contribution is 4.89. The summed E-state index contributed by atoms with van der Waals surface area (Å²) in [6, 6.07) is 1.32. The third kappa shape index (κ3) is 3.38. The van der Waals surface area contributed by atoms with Crippen molar-refractivity contribution in [2.45, 2.75) is 63.3 Å². The van der Waals surface area contributed by atoms with Crippen molar-refractivity contribution in [1.29, 1.82) is 0 Å². The molecule has 1 aliphatic heterocycles. The highest BCUT2D eigenvalue weighted by Gasteiger charge is 2.41. The summed E-state index contributed by atoms with van der Waals surface area (Å²) in [4.78, 5) is 2.30. The third-order valence-electron chi connectivity index (χ3n) is 4.55. The summed E-state index contributed by atoms with van der Waals surface area (Å²) in [5.41, 5.74) is 0. The molecule has 2 rings (SSSR count). The topological polar surface area (TPSA) is 15.3 Å². The molecule has 5 heteroatoms. The van der Waals surface area contributed by atoms with E-state index in [2.05, 4.69) is 24.2 Å². The fourth-order valence-electron chi connectivity index (χ4n) is 3.24. The standard InChI is InChI=1S/C13H23F3N2/c1-9-7-12(8-18(9)2)17-11-5-3-10(4-6-11)13(14,15)16/h9-12,17H,3-8H2,1-2H3. The van der Waals surface area contributed by atoms with Crippen LogP contribution in [0.2, 0.25) is 0 Å². The van der Waals surface area contributed by atoms with Crippen LogP contribution in [0.4, 0.5) is 13.2 Å². The lowest BCUT2D eigenvalue weighted by molar-refractivity contribution is -0.182. The lowest BCUT2D eigenvalue weighted by atomic mass is 9.85. The minimum absolute atomic E-state index is 0.285. The molecule has 0 amide bonds. The molecule has 0 spiro atoms. The Morgan fingerprint density at radius 2 is 1.67 bits per heavy atom. The van der Waals surface area contributed by atoms with Gasteiger partial charge >= 0.3 is 6.18 Å². The second-order valence-corrected chi connectivity index (χ2v) is 5.98. The van der Waals surface area contributed by atoms with Crippen LogP contribution in [0.25, 0.3) is 0 Å². The predicted octanol–water partition coefficient (Wildman–Crippen LogP) is 2.79. The van der Waals surface area contributed by atoms with Crippen LogP contribution >= 0.6 is 0 Å². The molecule has 2 atom stereocenters. The molecule has 2 fully saturated rings. The van der Waals surface area contributed by atoms with Gasteiger partial charge in [0.05, 0.1) is 5.92 Å². The highest BCUT2D eigenvalue weighted by Crippen LogP contribution is 2.37. The van der Waals surface area contributed by atoms with Gasteiger partial charge in [0.1, 0.15) is 0 Å². The number of nitrogens with zero attached hydrogens (tertiary/aromatic N) is 1. The van der Waals surface area contributed by atoms with Gasteiger partial charge < -0.3 is 10.2 Å². The molecule has 2 unspecified atom stereocenters. The van der Waals surface area contributed by atoms with Crippen molar-refractivity contribution in [1.82, 2.24) is 10.2 Å². The molecule has 1 saturated heterocycles. The number of alkyl halides is 3. The van der Waals surface area contributed by atoms with E-state index in [9.17, 15) is 13.2 Å². The zero-order valence-electron chi connectivity index (χ0n) is 11.1. The molecule has 0 bridgehead atoms. The number of rotatable bonds is 2. The van der Waals surface area contributed by atoms with Crippen LogP contribution in [0.5, 0.6) is 0 Å². The minimum Gasteiger partial charge on any atom is -0.310 e. The van der Waals surface area contributed by atoms with Gasteiger partial charge in [-0.2, -0.15) is 13.2 Å². The van der Waals surface area contributed by atoms with Gasteiger partial charge in [0.15, 0.2) is 0 Å². The van der Waals surface area contributed by atoms with Crippen LogP contribution in [0.15, 0.2) is 0 Å². The van der Waals surface area contributed by atoms with Gasteiger partial charge in [-0.15, -0.1) is 0 Å². The van der Waals surface area contributed by atoms with Crippen LogP contribution in [-0.4, -0.2) is 42.8 Å². The van der Waals surface area contributed by atoms with Crippen molar-refractivity contribution in [3.63, 3.8) is 0 Å². The first kappa shape index (κ1) is 14.1. The molecule has 0 radical (unpaired) electrons. The van der Waals surface area contributed by atoms with E-state index >= 15 is 0 Å². The van der Waals surface area contributed by atoms with Crippen LogP contribution in [0, 0.1) is 5.92 Å². The molecule has 0 aromatic heterocycles. The maximum atomic E-state index is 12.5. The zero-order chi connectivity index (χ0) is 13.3. The van der Waals surface area contributed by atoms with Crippen molar-refractivity contribution in [2.24, 2.45) is 5.92 Å². The van der Waals surface area contributed by atoms with Crippen molar-refractivity contribution in [2.75, 3.05) is 13.6 Å². The molecular weight excluding hydrogens is 241 g/mol. The van der Waals surface area contributed by atoms with Gasteiger partial charge in [0.25, 0.3) is 0 Å². The van der Waals surface area contributed by atoms with Gasteiger partial charge in [-0.05, 0) is 46.1 Å². The van der Waals surface area contributed by atoms with Gasteiger partial charge in [0.2, 0.25) is 0 Å². The van der Waals surface area contributed by atoms with Crippen molar-refractivity contribution >= 4 is 0 Å². The van der Waals surface area contributed by atoms with E-state index in [1.165, 1.54) is 0 Å². The Bertz CT molecular complexity index is 262. The number of halogens is 3. The molecule has 18 heavy (non-hydrogen) atoms. The Morgan fingerprint density at radius 1 is 1.06 bits per heavy atom. The highest BCUT2D eigenvalue weighted by atomic mass is 19.4. The van der Waals surface area contributed by atoms with Crippen molar-refractivity contribution < 1.29 is 13.2 Å². The Morgan fingerprint density at radius 3 is 2.11 bits per heavy atom. The van der Waals surface area contributed by atoms with E-state index in [0.29, 0.717) is 37.8 Å². The summed E-state index contributed by atoms with van der Waals surface area (Å²) in [5, 5.41) is 3.54. The molecule has 1 saturated carbocycles. The molecule has 106 valence electrons. The van der Waals surface area contributed by atoms with E-state index in [4.69, 9.17) is 0 Å². The molecule has 0 aromatic carbocycles. The summed E-state index contributed by atoms with van der Waals surface area (Å²) in [6.45, 7) is 3.21. The second-order valence-electron chi connectivity index (χ2n) is 5.98. The van der Waals surface area contributed by atoms with Gasteiger partial charge in [-0.3, -0.25) is 0 Å². The van der Waals surface area contributed by atoms with Crippen LogP contribution in [-0.2, 0) is 0 Å². The fourth-order valence-corrected chi connectivity index (χ4v) is 3.24. The Hall–Kier alpha value is -0.290. The SMILES string of the molecule is CC1CC(NC2CCC(C(F)(F)F)CC2)CN1C. The number of hydrogen-bond acceptors (Lipinski definition) is 2. The number of nitrogens with one attached hydrogen (secondary N) is 1. The molecule has 1 aliphatic carbocycles. The minimum atomic E-state index is -3.99. The molecule has 2 nitrogen and oxygen atoms in total. The van der Waals surface area contributed by atoms with E-state index in [-0.39, 0.29) is 6.04 Å². The normalized spacial score (nSPS) is 39.2. The number of likely N-dealkylation sites (N-methyl/N-ethyl adjacent to an activating group) is 1. The third-order valence-corrected chi connectivity index (χ3v) is 4.55. The van der Waals surface area contributed by atoms with Crippen molar-refractivity contribution in [3.05, 3.63) is 0 Å². The predicted molar refractivity (Wildman–Crippen MR) is 65.4 cm³/mol. The molecule has 1 heterocycles. The van der Waals surface area contributed by atoms with Crippen LogP contribution < -0.4 is 5.32 Å².